The maximum absolute atomic E-state index is 12.5. The Bertz CT molecular complexity index is 2700. The molecule has 0 aliphatic carbocycles. The van der Waals surface area contributed by atoms with Gasteiger partial charge in [-0.15, -0.1) is 0 Å². The van der Waals surface area contributed by atoms with Crippen LogP contribution in [0.5, 0.6) is 5.75 Å². The minimum absolute atomic E-state index is 0.226. The first kappa shape index (κ1) is 46.2. The van der Waals surface area contributed by atoms with Crippen molar-refractivity contribution in [3.8, 4) is 28.3 Å². The normalized spacial score (nSPS) is 13.1. The number of pyridine rings is 2. The maximum atomic E-state index is 12.5. The number of carbonyl (C=O) groups is 2. The first-order valence-electron chi connectivity index (χ1n) is 21.1. The molecule has 0 bridgehead atoms. The summed E-state index contributed by atoms with van der Waals surface area (Å²) < 4.78 is 10.8. The lowest BCUT2D eigenvalue weighted by molar-refractivity contribution is 0.101. The highest BCUT2D eigenvalue weighted by Crippen LogP contribution is 2.29. The Labute approximate surface area is 388 Å². The number of para-hydroxylation sites is 4. The Morgan fingerprint density at radius 3 is 1.57 bits per heavy atom. The van der Waals surface area contributed by atoms with Crippen molar-refractivity contribution < 1.29 is 19.1 Å². The van der Waals surface area contributed by atoms with Crippen molar-refractivity contribution in [1.82, 2.24) is 20.6 Å². The highest BCUT2D eigenvalue weighted by molar-refractivity contribution is 6.33. The molecule has 1 aliphatic heterocycles. The molecule has 7 aromatic rings. The van der Waals surface area contributed by atoms with E-state index in [1.807, 2.05) is 91.1 Å². The van der Waals surface area contributed by atoms with Gasteiger partial charge in [0.2, 0.25) is 0 Å². The lowest BCUT2D eigenvalue weighted by atomic mass is 10.1. The van der Waals surface area contributed by atoms with Gasteiger partial charge in [-0.3, -0.25) is 19.6 Å². The average molecular weight is 910 g/mol. The highest BCUT2D eigenvalue weighted by Gasteiger charge is 2.16. The van der Waals surface area contributed by atoms with Crippen LogP contribution >= 0.6 is 23.2 Å². The van der Waals surface area contributed by atoms with Gasteiger partial charge in [0.1, 0.15) is 5.75 Å². The number of benzene rings is 5. The van der Waals surface area contributed by atoms with Gasteiger partial charge in [-0.25, -0.2) is 0 Å². The minimum atomic E-state index is -0.234. The van der Waals surface area contributed by atoms with E-state index in [9.17, 15) is 9.59 Å². The molecule has 12 nitrogen and oxygen atoms in total. The Balaban J connectivity index is 0.000000195. The molecule has 2 aromatic heterocycles. The van der Waals surface area contributed by atoms with Gasteiger partial charge in [0, 0.05) is 67.4 Å². The number of nitrogens with two attached hydrogens (primary N) is 2. The smallest absolute Gasteiger partial charge is 0.255 e. The van der Waals surface area contributed by atoms with E-state index in [4.69, 9.17) is 44.1 Å². The van der Waals surface area contributed by atoms with Crippen LogP contribution < -0.4 is 37.5 Å². The van der Waals surface area contributed by atoms with Crippen LogP contribution in [-0.2, 0) is 24.4 Å². The maximum Gasteiger partial charge on any atom is 0.255 e. The van der Waals surface area contributed by atoms with Gasteiger partial charge in [0.25, 0.3) is 11.8 Å². The van der Waals surface area contributed by atoms with Crippen LogP contribution in [0.2, 0.25) is 10.0 Å². The van der Waals surface area contributed by atoms with E-state index in [1.165, 1.54) is 0 Å². The lowest BCUT2D eigenvalue weighted by Crippen LogP contribution is -2.25. The molecule has 8 rings (SSSR count). The van der Waals surface area contributed by atoms with Crippen LogP contribution in [0.15, 0.2) is 146 Å². The Morgan fingerprint density at radius 1 is 0.646 bits per heavy atom. The SMILES string of the molecule is COc1ccc(CNCc2cnc(-c3ccc(C(=O)Nc4ccccc4N)cc3)c(Cl)c2)cc1.Nc1ccccc1NC(=O)c1ccc(-c2ncc(CNCC3CCCO3)cc2Cl)cc1. The topological polar surface area (TPSA) is 179 Å². The molecule has 0 saturated carbocycles. The molecule has 65 heavy (non-hydrogen) atoms. The van der Waals surface area contributed by atoms with Crippen molar-refractivity contribution in [3.63, 3.8) is 0 Å². The van der Waals surface area contributed by atoms with Crippen LogP contribution in [0.1, 0.15) is 50.2 Å². The largest absolute Gasteiger partial charge is 0.497 e. The molecule has 5 aromatic carbocycles. The first-order valence-corrected chi connectivity index (χ1v) is 21.9. The summed E-state index contributed by atoms with van der Waals surface area (Å²) >= 11 is 13.0. The van der Waals surface area contributed by atoms with Gasteiger partial charge in [-0.1, -0.05) is 83.9 Å². The number of carbonyl (C=O) groups excluding carboxylic acids is 2. The second-order valence-corrected chi connectivity index (χ2v) is 16.1. The highest BCUT2D eigenvalue weighted by atomic mass is 35.5. The zero-order valence-electron chi connectivity index (χ0n) is 35.8. The van der Waals surface area contributed by atoms with E-state index in [0.29, 0.717) is 74.5 Å². The summed E-state index contributed by atoms with van der Waals surface area (Å²) in [6.45, 7) is 3.74. The van der Waals surface area contributed by atoms with Gasteiger partial charge in [0.15, 0.2) is 0 Å². The van der Waals surface area contributed by atoms with Crippen molar-refractivity contribution in [2.45, 2.75) is 38.6 Å². The molecule has 0 spiro atoms. The number of nitrogens with one attached hydrogen (secondary N) is 4. The molecule has 1 fully saturated rings. The van der Waals surface area contributed by atoms with Crippen molar-refractivity contribution in [3.05, 3.63) is 184 Å². The van der Waals surface area contributed by atoms with E-state index < -0.39 is 0 Å². The van der Waals surface area contributed by atoms with Crippen LogP contribution in [0.25, 0.3) is 22.5 Å². The molecule has 8 N–H and O–H groups in total. The summed E-state index contributed by atoms with van der Waals surface area (Å²) in [5.74, 6) is 0.378. The van der Waals surface area contributed by atoms with Gasteiger partial charge < -0.3 is 42.2 Å². The Hall–Kier alpha value is -6.80. The fourth-order valence-electron chi connectivity index (χ4n) is 7.02. The van der Waals surface area contributed by atoms with E-state index in [1.54, 1.807) is 61.8 Å². The molecule has 3 heterocycles. The van der Waals surface area contributed by atoms with Crippen molar-refractivity contribution in [2.24, 2.45) is 0 Å². The number of hydrogen-bond donors (Lipinski definition) is 6. The first-order chi connectivity index (χ1) is 31.6. The molecule has 1 saturated heterocycles. The van der Waals surface area contributed by atoms with Crippen molar-refractivity contribution >= 4 is 57.8 Å². The number of anilines is 4. The monoisotopic (exact) mass is 908 g/mol. The molecule has 1 aliphatic rings. The van der Waals surface area contributed by atoms with Crippen LogP contribution in [0.3, 0.4) is 0 Å². The van der Waals surface area contributed by atoms with Crippen LogP contribution in [0, 0.1) is 0 Å². The van der Waals surface area contributed by atoms with Crippen LogP contribution in [0.4, 0.5) is 22.7 Å². The number of hydrogen-bond acceptors (Lipinski definition) is 10. The number of rotatable bonds is 15. The van der Waals surface area contributed by atoms with E-state index in [0.717, 1.165) is 66.1 Å². The summed E-state index contributed by atoms with van der Waals surface area (Å²) in [5.41, 5.74) is 21.2. The number of methoxy groups -OCH3 is 1. The summed E-state index contributed by atoms with van der Waals surface area (Å²) in [5, 5.41) is 13.6. The zero-order chi connectivity index (χ0) is 45.5. The molecule has 332 valence electrons. The molecular weight excluding hydrogens is 860 g/mol. The third kappa shape index (κ3) is 12.9. The van der Waals surface area contributed by atoms with Gasteiger partial charge in [-0.2, -0.15) is 0 Å². The summed E-state index contributed by atoms with van der Waals surface area (Å²) in [6, 6.07) is 40.4. The third-order valence-corrected chi connectivity index (χ3v) is 11.2. The predicted octanol–water partition coefficient (Wildman–Crippen LogP) is 10.0. The summed E-state index contributed by atoms with van der Waals surface area (Å²) in [6.07, 6.45) is 6.17. The number of nitrogen functional groups attached to an aromatic ring is 2. The standard InChI is InChI=1S/C27H25ClN4O2.C24H25ClN4O2/c1-34-22-12-6-18(7-13-22)15-30-16-19-14-23(28)26(31-17-19)20-8-10-21(11-9-20)27(33)32-25-5-3-2-4-24(25)29;25-20-12-16(13-27-15-19-4-3-11-31-19)14-28-23(20)17-7-9-18(10-8-17)24(30)29-22-6-2-1-5-21(22)26/h2-14,17,30H,15-16,29H2,1H3,(H,32,33);1-2,5-10,12,14,19,27H,3-4,11,13,15,26H2,(H,29,30). The number of ether oxygens (including phenoxy) is 2. The quantitative estimate of drug-likeness (QED) is 0.0543. The van der Waals surface area contributed by atoms with Crippen molar-refractivity contribution in [2.75, 3.05) is 42.4 Å². The number of nitrogens with zero attached hydrogens (tertiary/aromatic N) is 2. The van der Waals surface area contributed by atoms with Gasteiger partial charge in [-0.05, 0) is 102 Å². The average Bonchev–Trinajstić information content (AvgIpc) is 3.85. The van der Waals surface area contributed by atoms with Gasteiger partial charge >= 0.3 is 0 Å². The van der Waals surface area contributed by atoms with E-state index in [-0.39, 0.29) is 11.8 Å². The second-order valence-electron chi connectivity index (χ2n) is 15.3. The molecule has 0 radical (unpaired) electrons. The summed E-state index contributed by atoms with van der Waals surface area (Å²) in [7, 11) is 1.65. The number of amides is 2. The fraction of sp³-hybridized carbons (Fsp3) is 0.176. The minimum Gasteiger partial charge on any atom is -0.497 e. The zero-order valence-corrected chi connectivity index (χ0v) is 37.3. The lowest BCUT2D eigenvalue weighted by Gasteiger charge is -2.12. The van der Waals surface area contributed by atoms with Gasteiger partial charge in [0.05, 0.1) is 57.4 Å². The Kier molecular flexibility index (Phi) is 16.1. The third-order valence-electron chi connectivity index (χ3n) is 10.6. The Morgan fingerprint density at radius 2 is 1.12 bits per heavy atom. The fourth-order valence-corrected chi connectivity index (χ4v) is 7.62. The number of halogens is 2. The molecule has 1 atom stereocenters. The molecule has 2 amide bonds. The van der Waals surface area contributed by atoms with Crippen LogP contribution in [-0.4, -0.2) is 48.1 Å². The molecule has 14 heteroatoms. The van der Waals surface area contributed by atoms with E-state index in [2.05, 4.69) is 31.2 Å². The second kappa shape index (κ2) is 22.7. The predicted molar refractivity (Wildman–Crippen MR) is 261 cm³/mol. The number of aromatic nitrogens is 2. The molecule has 1 unspecified atom stereocenters. The van der Waals surface area contributed by atoms with Crippen molar-refractivity contribution in [1.29, 1.82) is 0 Å². The molecular formula is C51H50Cl2N8O4. The summed E-state index contributed by atoms with van der Waals surface area (Å²) in [4.78, 5) is 34.1. The van der Waals surface area contributed by atoms with E-state index >= 15 is 0 Å².